The Hall–Kier alpha value is -2.18. The molecule has 0 fully saturated rings. The molecule has 1 atom stereocenters. The van der Waals surface area contributed by atoms with Crippen LogP contribution in [0.5, 0.6) is 5.75 Å². The summed E-state index contributed by atoms with van der Waals surface area (Å²) in [5.74, 6) is -0.238. The molecule has 92 valence electrons. The minimum Gasteiger partial charge on any atom is -0.508 e. The van der Waals surface area contributed by atoms with Crippen LogP contribution in [0.3, 0.4) is 0 Å². The van der Waals surface area contributed by atoms with E-state index in [0.29, 0.717) is 0 Å². The van der Waals surface area contributed by atoms with Crippen molar-refractivity contribution >= 4 is 0 Å². The molecule has 0 aliphatic carbocycles. The van der Waals surface area contributed by atoms with Gasteiger partial charge < -0.3 is 5.11 Å². The second-order valence-corrected chi connectivity index (χ2v) is 3.78. The summed E-state index contributed by atoms with van der Waals surface area (Å²) in [6.07, 6.45) is -1.97. The fraction of sp³-hybridized carbons (Fsp3) is 0.400. The largest absolute Gasteiger partial charge is 0.508 e. The number of hydrogen-bond acceptors (Lipinski definition) is 5. The molecular formula is C10H12N2O5. The fourth-order valence-corrected chi connectivity index (χ4v) is 1.50. The van der Waals surface area contributed by atoms with E-state index < -0.39 is 16.0 Å². The van der Waals surface area contributed by atoms with Crippen LogP contribution in [-0.4, -0.2) is 21.1 Å². The van der Waals surface area contributed by atoms with Crippen LogP contribution in [0.2, 0.25) is 0 Å². The molecule has 1 N–H and O–H groups in total. The van der Waals surface area contributed by atoms with Gasteiger partial charge in [0, 0.05) is 0 Å². The van der Waals surface area contributed by atoms with Gasteiger partial charge in [-0.15, -0.1) is 0 Å². The van der Waals surface area contributed by atoms with Gasteiger partial charge in [0.1, 0.15) is 5.75 Å². The summed E-state index contributed by atoms with van der Waals surface area (Å²) in [6.45, 7) is 1.67. The molecule has 0 radical (unpaired) electrons. The molecule has 7 heteroatoms. The molecule has 0 heterocycles. The Kier molecular flexibility index (Phi) is 3.97. The number of benzene rings is 1. The standard InChI is InChI=1S/C10H12N2O5/c1-7(6-10(11(14)15)12(16)17)8-2-4-9(13)5-3-8/h2-5,7,10,13H,6H2,1H3. The Bertz CT molecular complexity index is 403. The molecule has 0 bridgehead atoms. The highest BCUT2D eigenvalue weighted by molar-refractivity contribution is 5.27. The summed E-state index contributed by atoms with van der Waals surface area (Å²) in [5, 5.41) is 30.1. The molecule has 1 aromatic rings. The van der Waals surface area contributed by atoms with Crippen LogP contribution in [0.25, 0.3) is 0 Å². The number of aromatic hydroxyl groups is 1. The molecule has 0 aliphatic rings. The third kappa shape index (κ3) is 3.40. The van der Waals surface area contributed by atoms with Crippen LogP contribution in [0.15, 0.2) is 24.3 Å². The van der Waals surface area contributed by atoms with Crippen LogP contribution in [0, 0.1) is 20.2 Å². The van der Waals surface area contributed by atoms with Gasteiger partial charge >= 0.3 is 6.17 Å². The minimum atomic E-state index is -1.79. The van der Waals surface area contributed by atoms with Crippen LogP contribution in [0.1, 0.15) is 24.8 Å². The fourth-order valence-electron chi connectivity index (χ4n) is 1.50. The van der Waals surface area contributed by atoms with E-state index >= 15 is 0 Å². The Morgan fingerprint density at radius 2 is 1.65 bits per heavy atom. The van der Waals surface area contributed by atoms with Crippen LogP contribution in [0.4, 0.5) is 0 Å². The normalized spacial score (nSPS) is 12.4. The van der Waals surface area contributed by atoms with E-state index in [1.807, 2.05) is 0 Å². The Morgan fingerprint density at radius 1 is 1.18 bits per heavy atom. The van der Waals surface area contributed by atoms with Crippen molar-refractivity contribution in [2.24, 2.45) is 0 Å². The highest BCUT2D eigenvalue weighted by atomic mass is 16.7. The van der Waals surface area contributed by atoms with Gasteiger partial charge in [-0.2, -0.15) is 0 Å². The summed E-state index contributed by atoms with van der Waals surface area (Å²) >= 11 is 0. The van der Waals surface area contributed by atoms with E-state index in [-0.39, 0.29) is 18.1 Å². The van der Waals surface area contributed by atoms with Gasteiger partial charge in [-0.05, 0) is 23.6 Å². The maximum absolute atomic E-state index is 10.5. The maximum atomic E-state index is 10.5. The second-order valence-electron chi connectivity index (χ2n) is 3.78. The smallest absolute Gasteiger partial charge is 0.451 e. The number of hydrogen-bond donors (Lipinski definition) is 1. The average molecular weight is 240 g/mol. The lowest BCUT2D eigenvalue weighted by Crippen LogP contribution is -2.30. The average Bonchev–Trinajstić information content (AvgIpc) is 2.25. The summed E-state index contributed by atoms with van der Waals surface area (Å²) < 4.78 is 0. The van der Waals surface area contributed by atoms with E-state index in [0.717, 1.165) is 5.56 Å². The highest BCUT2D eigenvalue weighted by Crippen LogP contribution is 2.23. The molecule has 0 saturated carbocycles. The zero-order chi connectivity index (χ0) is 13.0. The van der Waals surface area contributed by atoms with E-state index in [2.05, 4.69) is 0 Å². The zero-order valence-electron chi connectivity index (χ0n) is 9.15. The number of rotatable bonds is 5. The van der Waals surface area contributed by atoms with Gasteiger partial charge in [0.15, 0.2) is 0 Å². The van der Waals surface area contributed by atoms with E-state index in [9.17, 15) is 20.2 Å². The molecular weight excluding hydrogens is 228 g/mol. The number of nitrogens with zero attached hydrogens (tertiary/aromatic N) is 2. The SMILES string of the molecule is CC(CC([N+](=O)[O-])[N+](=O)[O-])c1ccc(O)cc1. The first-order valence-corrected chi connectivity index (χ1v) is 4.97. The van der Waals surface area contributed by atoms with Gasteiger partial charge in [0.25, 0.3) is 0 Å². The second kappa shape index (κ2) is 5.24. The first kappa shape index (κ1) is 12.9. The summed E-state index contributed by atoms with van der Waals surface area (Å²) in [6, 6.07) is 6.08. The van der Waals surface area contributed by atoms with Crippen LogP contribution >= 0.6 is 0 Å². The van der Waals surface area contributed by atoms with Gasteiger partial charge in [-0.3, -0.25) is 20.2 Å². The van der Waals surface area contributed by atoms with Crippen molar-refractivity contribution in [3.63, 3.8) is 0 Å². The lowest BCUT2D eigenvalue weighted by molar-refractivity contribution is -0.743. The topological polar surface area (TPSA) is 107 Å². The summed E-state index contributed by atoms with van der Waals surface area (Å²) in [7, 11) is 0. The van der Waals surface area contributed by atoms with Crippen molar-refractivity contribution in [2.45, 2.75) is 25.4 Å². The number of phenolic OH excluding ortho intramolecular Hbond substituents is 1. The molecule has 17 heavy (non-hydrogen) atoms. The highest BCUT2D eigenvalue weighted by Gasteiger charge is 2.34. The Balaban J connectivity index is 2.77. The van der Waals surface area contributed by atoms with Crippen LogP contribution in [-0.2, 0) is 0 Å². The predicted molar refractivity (Wildman–Crippen MR) is 58.9 cm³/mol. The maximum Gasteiger partial charge on any atom is 0.451 e. The minimum absolute atomic E-state index is 0.0843. The van der Waals surface area contributed by atoms with Crippen molar-refractivity contribution in [1.29, 1.82) is 0 Å². The van der Waals surface area contributed by atoms with E-state index in [4.69, 9.17) is 5.11 Å². The monoisotopic (exact) mass is 240 g/mol. The molecule has 0 aliphatic heterocycles. The van der Waals surface area contributed by atoms with E-state index in [1.54, 1.807) is 19.1 Å². The van der Waals surface area contributed by atoms with E-state index in [1.165, 1.54) is 12.1 Å². The summed E-state index contributed by atoms with van der Waals surface area (Å²) in [5.41, 5.74) is 0.719. The molecule has 1 aromatic carbocycles. The Labute approximate surface area is 97.0 Å². The third-order valence-corrected chi connectivity index (χ3v) is 2.51. The van der Waals surface area contributed by atoms with Crippen LogP contribution < -0.4 is 0 Å². The lowest BCUT2D eigenvalue weighted by atomic mass is 9.96. The quantitative estimate of drug-likeness (QED) is 0.479. The lowest BCUT2D eigenvalue weighted by Gasteiger charge is -2.10. The molecule has 0 amide bonds. The van der Waals surface area contributed by atoms with Gasteiger partial charge in [-0.25, -0.2) is 0 Å². The molecule has 0 aromatic heterocycles. The van der Waals surface area contributed by atoms with Crippen molar-refractivity contribution in [3.05, 3.63) is 50.1 Å². The third-order valence-electron chi connectivity index (χ3n) is 2.51. The molecule has 0 spiro atoms. The molecule has 1 unspecified atom stereocenters. The Morgan fingerprint density at radius 3 is 2.06 bits per heavy atom. The first-order valence-electron chi connectivity index (χ1n) is 4.97. The molecule has 7 nitrogen and oxygen atoms in total. The molecule has 1 rings (SSSR count). The number of nitro groups is 2. The first-order chi connectivity index (χ1) is 7.91. The summed E-state index contributed by atoms with van der Waals surface area (Å²) in [4.78, 5) is 19.2. The zero-order valence-corrected chi connectivity index (χ0v) is 9.15. The van der Waals surface area contributed by atoms with Crippen molar-refractivity contribution in [1.82, 2.24) is 0 Å². The van der Waals surface area contributed by atoms with Gasteiger partial charge in [0.05, 0.1) is 16.3 Å². The van der Waals surface area contributed by atoms with Crippen molar-refractivity contribution in [3.8, 4) is 5.75 Å². The van der Waals surface area contributed by atoms with Gasteiger partial charge in [-0.1, -0.05) is 19.1 Å². The van der Waals surface area contributed by atoms with Crippen molar-refractivity contribution < 1.29 is 15.0 Å². The number of phenols is 1. The van der Waals surface area contributed by atoms with Gasteiger partial charge in [0.2, 0.25) is 0 Å². The van der Waals surface area contributed by atoms with Crippen molar-refractivity contribution in [2.75, 3.05) is 0 Å². The predicted octanol–water partition coefficient (Wildman–Crippen LogP) is 1.77. The molecule has 0 saturated heterocycles.